The van der Waals surface area contributed by atoms with Crippen LogP contribution in [0, 0.1) is 6.92 Å². The molecular weight excluding hydrogens is 407 g/mol. The van der Waals surface area contributed by atoms with E-state index in [9.17, 15) is 4.79 Å². The summed E-state index contributed by atoms with van der Waals surface area (Å²) in [5.74, 6) is 0.446. The van der Waals surface area contributed by atoms with Crippen molar-refractivity contribution in [1.29, 1.82) is 0 Å². The van der Waals surface area contributed by atoms with Gasteiger partial charge in [-0.15, -0.1) is 0 Å². The van der Waals surface area contributed by atoms with Gasteiger partial charge in [0.05, 0.1) is 17.7 Å². The van der Waals surface area contributed by atoms with Crippen LogP contribution in [-0.2, 0) is 0 Å². The number of aryl methyl sites for hydroxylation is 1. The van der Waals surface area contributed by atoms with Crippen LogP contribution in [0.15, 0.2) is 39.3 Å². The lowest BCUT2D eigenvalue weighted by molar-refractivity contribution is 0.103. The molecule has 0 N–H and O–H groups in total. The Morgan fingerprint density at radius 2 is 1.85 bits per heavy atom. The van der Waals surface area contributed by atoms with Crippen molar-refractivity contribution in [2.45, 2.75) is 6.92 Å². The number of benzene rings is 2. The summed E-state index contributed by atoms with van der Waals surface area (Å²) in [5.41, 5.74) is 2.07. The maximum absolute atomic E-state index is 12.6. The van der Waals surface area contributed by atoms with Crippen molar-refractivity contribution in [1.82, 2.24) is 0 Å². The molecule has 0 aromatic heterocycles. The quantitative estimate of drug-likeness (QED) is 0.623. The lowest BCUT2D eigenvalue weighted by atomic mass is 10.0. The molecule has 2 aromatic carbocycles. The fourth-order valence-electron chi connectivity index (χ4n) is 1.79. The number of hydrogen-bond donors (Lipinski definition) is 0. The average Bonchev–Trinajstić information content (AvgIpc) is 2.43. The Balaban J connectivity index is 2.52. The summed E-state index contributed by atoms with van der Waals surface area (Å²) in [6, 6.07) is 8.70. The molecule has 2 nitrogen and oxygen atoms in total. The molecule has 0 bridgehead atoms. The Kier molecular flexibility index (Phi) is 4.89. The summed E-state index contributed by atoms with van der Waals surface area (Å²) >= 11 is 12.7. The molecule has 0 heterocycles. The topological polar surface area (TPSA) is 26.3 Å². The van der Waals surface area contributed by atoms with Crippen LogP contribution in [0.1, 0.15) is 21.5 Å². The van der Waals surface area contributed by atoms with E-state index in [-0.39, 0.29) is 5.78 Å². The Morgan fingerprint density at radius 1 is 1.15 bits per heavy atom. The Bertz CT molecular complexity index is 684. The van der Waals surface area contributed by atoms with Gasteiger partial charge in [-0.1, -0.05) is 27.5 Å². The van der Waals surface area contributed by atoms with Crippen molar-refractivity contribution >= 4 is 49.2 Å². The van der Waals surface area contributed by atoms with Gasteiger partial charge in [0.2, 0.25) is 0 Å². The van der Waals surface area contributed by atoms with Gasteiger partial charge >= 0.3 is 0 Å². The predicted octanol–water partition coefficient (Wildman–Crippen LogP) is 5.41. The van der Waals surface area contributed by atoms with Gasteiger partial charge in [0.25, 0.3) is 0 Å². The smallest absolute Gasteiger partial charge is 0.196 e. The molecule has 20 heavy (non-hydrogen) atoms. The molecule has 0 amide bonds. The number of halogens is 3. The fourth-order valence-corrected chi connectivity index (χ4v) is 2.63. The van der Waals surface area contributed by atoms with Crippen LogP contribution in [0.5, 0.6) is 5.75 Å². The summed E-state index contributed by atoms with van der Waals surface area (Å²) in [6.07, 6.45) is 0. The van der Waals surface area contributed by atoms with Crippen molar-refractivity contribution in [2.24, 2.45) is 0 Å². The normalized spacial score (nSPS) is 10.4. The van der Waals surface area contributed by atoms with Crippen LogP contribution in [0.25, 0.3) is 0 Å². The fraction of sp³-hybridized carbons (Fsp3) is 0.133. The van der Waals surface area contributed by atoms with E-state index in [2.05, 4.69) is 31.9 Å². The van der Waals surface area contributed by atoms with Crippen molar-refractivity contribution in [3.8, 4) is 5.75 Å². The van der Waals surface area contributed by atoms with Crippen LogP contribution < -0.4 is 4.74 Å². The third kappa shape index (κ3) is 3.08. The second-order valence-corrected chi connectivity index (χ2v) is 6.38. The molecule has 0 spiro atoms. The zero-order chi connectivity index (χ0) is 14.9. The molecule has 0 saturated heterocycles. The number of methoxy groups -OCH3 is 1. The first-order valence-electron chi connectivity index (χ1n) is 5.78. The van der Waals surface area contributed by atoms with Crippen molar-refractivity contribution in [3.63, 3.8) is 0 Å². The lowest BCUT2D eigenvalue weighted by Crippen LogP contribution is -2.05. The third-order valence-corrected chi connectivity index (χ3v) is 4.98. The minimum Gasteiger partial charge on any atom is -0.496 e. The molecule has 0 aliphatic rings. The Labute approximate surface area is 139 Å². The van der Waals surface area contributed by atoms with Crippen molar-refractivity contribution < 1.29 is 9.53 Å². The molecule has 2 aromatic rings. The summed E-state index contributed by atoms with van der Waals surface area (Å²) in [5, 5.41) is 0.568. The SMILES string of the molecule is COc1cc(C)c(Br)cc1C(=O)c1ccc(Cl)c(Br)c1. The first kappa shape index (κ1) is 15.5. The van der Waals surface area contributed by atoms with Crippen molar-refractivity contribution in [3.05, 3.63) is 61.0 Å². The summed E-state index contributed by atoms with van der Waals surface area (Å²) in [6.45, 7) is 1.94. The molecule has 0 radical (unpaired) electrons. The first-order chi connectivity index (χ1) is 9.43. The van der Waals surface area contributed by atoms with Gasteiger partial charge in [0.15, 0.2) is 5.78 Å². The van der Waals surface area contributed by atoms with Gasteiger partial charge in [0, 0.05) is 14.5 Å². The Hall–Kier alpha value is -0.840. The van der Waals surface area contributed by atoms with Crippen LogP contribution in [0.3, 0.4) is 0 Å². The molecule has 2 rings (SSSR count). The Morgan fingerprint density at radius 3 is 2.45 bits per heavy atom. The molecule has 0 atom stereocenters. The highest BCUT2D eigenvalue weighted by molar-refractivity contribution is 9.10. The van der Waals surface area contributed by atoms with Gasteiger partial charge in [-0.05, 0) is 58.7 Å². The first-order valence-corrected chi connectivity index (χ1v) is 7.74. The molecular formula is C15H11Br2ClO2. The van der Waals surface area contributed by atoms with Crippen LogP contribution in [-0.4, -0.2) is 12.9 Å². The van der Waals surface area contributed by atoms with Crippen molar-refractivity contribution in [2.75, 3.05) is 7.11 Å². The molecule has 0 fully saturated rings. The summed E-state index contributed by atoms with van der Waals surface area (Å²) in [7, 11) is 1.55. The van der Waals surface area contributed by atoms with Gasteiger partial charge < -0.3 is 4.74 Å². The molecule has 5 heteroatoms. The average molecular weight is 419 g/mol. The molecule has 0 unspecified atom stereocenters. The van der Waals surface area contributed by atoms with E-state index in [1.807, 2.05) is 13.0 Å². The molecule has 0 aliphatic heterocycles. The van der Waals surface area contributed by atoms with Crippen LogP contribution >= 0.6 is 43.5 Å². The minimum absolute atomic E-state index is 0.111. The zero-order valence-corrected chi connectivity index (χ0v) is 14.8. The zero-order valence-electron chi connectivity index (χ0n) is 10.8. The van der Waals surface area contributed by atoms with E-state index in [4.69, 9.17) is 16.3 Å². The standard InChI is InChI=1S/C15H11Br2ClO2/c1-8-5-14(20-2)10(7-11(8)16)15(19)9-3-4-13(18)12(17)6-9/h3-7H,1-2H3. The van der Waals surface area contributed by atoms with E-state index in [1.165, 1.54) is 0 Å². The minimum atomic E-state index is -0.111. The third-order valence-electron chi connectivity index (χ3n) is 2.91. The maximum atomic E-state index is 12.6. The number of carbonyl (C=O) groups is 1. The van der Waals surface area contributed by atoms with Crippen LogP contribution in [0.4, 0.5) is 0 Å². The number of ether oxygens (including phenoxy) is 1. The highest BCUT2D eigenvalue weighted by Crippen LogP contribution is 2.30. The molecule has 0 saturated carbocycles. The molecule has 0 aliphatic carbocycles. The van der Waals surface area contributed by atoms with Gasteiger partial charge in [-0.3, -0.25) is 4.79 Å². The van der Waals surface area contributed by atoms with E-state index in [1.54, 1.807) is 31.4 Å². The van der Waals surface area contributed by atoms with E-state index in [0.717, 1.165) is 10.0 Å². The lowest BCUT2D eigenvalue weighted by Gasteiger charge is -2.11. The van der Waals surface area contributed by atoms with Gasteiger partial charge in [0.1, 0.15) is 5.75 Å². The number of ketones is 1. The van der Waals surface area contributed by atoms with E-state index in [0.29, 0.717) is 26.4 Å². The van der Waals surface area contributed by atoms with E-state index < -0.39 is 0 Å². The predicted molar refractivity (Wildman–Crippen MR) is 88.0 cm³/mol. The highest BCUT2D eigenvalue weighted by atomic mass is 79.9. The second kappa shape index (κ2) is 6.29. The summed E-state index contributed by atoms with van der Waals surface area (Å²) < 4.78 is 6.86. The largest absolute Gasteiger partial charge is 0.496 e. The summed E-state index contributed by atoms with van der Waals surface area (Å²) in [4.78, 5) is 12.6. The van der Waals surface area contributed by atoms with Gasteiger partial charge in [-0.25, -0.2) is 0 Å². The monoisotopic (exact) mass is 416 g/mol. The van der Waals surface area contributed by atoms with Gasteiger partial charge in [-0.2, -0.15) is 0 Å². The highest BCUT2D eigenvalue weighted by Gasteiger charge is 2.17. The second-order valence-electron chi connectivity index (χ2n) is 4.26. The number of rotatable bonds is 3. The number of carbonyl (C=O) groups excluding carboxylic acids is 1. The maximum Gasteiger partial charge on any atom is 0.196 e. The molecule has 104 valence electrons. The van der Waals surface area contributed by atoms with Crippen LogP contribution in [0.2, 0.25) is 5.02 Å². The van der Waals surface area contributed by atoms with E-state index >= 15 is 0 Å². The number of hydrogen-bond acceptors (Lipinski definition) is 2.